The minimum atomic E-state index is -0.0499. The Morgan fingerprint density at radius 3 is 2.49 bits per heavy atom. The summed E-state index contributed by atoms with van der Waals surface area (Å²) in [4.78, 5) is 11.3. The molecule has 186 valence electrons. The Kier molecular flexibility index (Phi) is 9.93. The number of amides is 1. The Hall–Kier alpha value is -3.57. The van der Waals surface area contributed by atoms with E-state index < -0.39 is 0 Å². The van der Waals surface area contributed by atoms with E-state index in [0.717, 1.165) is 35.6 Å². The lowest BCUT2D eigenvalue weighted by Gasteiger charge is -2.15. The SMILES string of the molecule is Cc1cc(C2=NNC(=O)CC2)ccc1OCCCOc1ccc(OCCCNC(C)C)c(C#N)c1. The van der Waals surface area contributed by atoms with Crippen molar-refractivity contribution >= 4 is 11.6 Å². The molecule has 0 bridgehead atoms. The molecule has 0 spiro atoms. The van der Waals surface area contributed by atoms with Crippen LogP contribution in [0, 0.1) is 18.3 Å². The number of carbonyl (C=O) groups is 1. The second kappa shape index (κ2) is 13.4. The fourth-order valence-electron chi connectivity index (χ4n) is 3.56. The van der Waals surface area contributed by atoms with Crippen molar-refractivity contribution in [1.29, 1.82) is 5.26 Å². The first-order valence-electron chi connectivity index (χ1n) is 12.1. The quantitative estimate of drug-likeness (QED) is 0.420. The lowest BCUT2D eigenvalue weighted by Crippen LogP contribution is -2.25. The van der Waals surface area contributed by atoms with Crippen LogP contribution in [0.2, 0.25) is 0 Å². The van der Waals surface area contributed by atoms with Crippen LogP contribution in [0.4, 0.5) is 0 Å². The van der Waals surface area contributed by atoms with Gasteiger partial charge < -0.3 is 19.5 Å². The Labute approximate surface area is 207 Å². The normalized spacial score (nSPS) is 13.1. The largest absolute Gasteiger partial charge is 0.493 e. The number of carbonyl (C=O) groups excluding carboxylic acids is 1. The van der Waals surface area contributed by atoms with Crippen molar-refractivity contribution in [1.82, 2.24) is 10.7 Å². The highest BCUT2D eigenvalue weighted by atomic mass is 16.5. The van der Waals surface area contributed by atoms with Crippen LogP contribution in [-0.4, -0.2) is 44.0 Å². The fourth-order valence-corrected chi connectivity index (χ4v) is 3.56. The van der Waals surface area contributed by atoms with Crippen LogP contribution in [0.3, 0.4) is 0 Å². The van der Waals surface area contributed by atoms with Crippen LogP contribution < -0.4 is 25.0 Å². The highest BCUT2D eigenvalue weighted by Gasteiger charge is 2.14. The summed E-state index contributed by atoms with van der Waals surface area (Å²) in [5.74, 6) is 1.97. The minimum Gasteiger partial charge on any atom is -0.493 e. The first kappa shape index (κ1) is 26.0. The van der Waals surface area contributed by atoms with Crippen molar-refractivity contribution in [3.63, 3.8) is 0 Å². The van der Waals surface area contributed by atoms with Gasteiger partial charge >= 0.3 is 0 Å². The number of benzene rings is 2. The maximum Gasteiger partial charge on any atom is 0.240 e. The average Bonchev–Trinajstić information content (AvgIpc) is 2.85. The predicted octanol–water partition coefficient (Wildman–Crippen LogP) is 4.10. The molecule has 1 heterocycles. The van der Waals surface area contributed by atoms with E-state index in [0.29, 0.717) is 62.2 Å². The van der Waals surface area contributed by atoms with Gasteiger partial charge in [0.15, 0.2) is 0 Å². The van der Waals surface area contributed by atoms with E-state index in [1.54, 1.807) is 12.1 Å². The van der Waals surface area contributed by atoms with Gasteiger partial charge in [-0.25, -0.2) is 5.43 Å². The molecule has 0 aromatic heterocycles. The van der Waals surface area contributed by atoms with Gasteiger partial charge in [0, 0.05) is 31.4 Å². The van der Waals surface area contributed by atoms with Gasteiger partial charge in [0.05, 0.1) is 31.1 Å². The summed E-state index contributed by atoms with van der Waals surface area (Å²) in [6, 6.07) is 13.9. The van der Waals surface area contributed by atoms with Gasteiger partial charge in [-0.05, 0) is 61.3 Å². The molecule has 0 aliphatic carbocycles. The summed E-state index contributed by atoms with van der Waals surface area (Å²) in [6.07, 6.45) is 2.66. The van der Waals surface area contributed by atoms with Crippen molar-refractivity contribution in [2.24, 2.45) is 5.10 Å². The van der Waals surface area contributed by atoms with Crippen LogP contribution in [0.15, 0.2) is 41.5 Å². The van der Waals surface area contributed by atoms with E-state index >= 15 is 0 Å². The van der Waals surface area contributed by atoms with E-state index in [1.807, 2.05) is 31.2 Å². The molecule has 8 nitrogen and oxygen atoms in total. The summed E-state index contributed by atoms with van der Waals surface area (Å²) in [7, 11) is 0. The first-order valence-corrected chi connectivity index (χ1v) is 12.1. The third kappa shape index (κ3) is 8.30. The van der Waals surface area contributed by atoms with Crippen LogP contribution >= 0.6 is 0 Å². The van der Waals surface area contributed by atoms with Crippen molar-refractivity contribution in [2.45, 2.75) is 52.5 Å². The molecule has 0 fully saturated rings. The number of hydrogen-bond donors (Lipinski definition) is 2. The number of ether oxygens (including phenoxy) is 3. The van der Waals surface area contributed by atoms with Gasteiger partial charge in [0.25, 0.3) is 0 Å². The average molecular weight is 479 g/mol. The van der Waals surface area contributed by atoms with Gasteiger partial charge in [-0.15, -0.1) is 0 Å². The number of hydrazone groups is 1. The van der Waals surface area contributed by atoms with Gasteiger partial charge in [-0.1, -0.05) is 13.8 Å². The summed E-state index contributed by atoms with van der Waals surface area (Å²) >= 11 is 0. The lowest BCUT2D eigenvalue weighted by molar-refractivity contribution is -0.121. The zero-order valence-corrected chi connectivity index (χ0v) is 20.7. The third-order valence-corrected chi connectivity index (χ3v) is 5.43. The molecule has 1 aliphatic rings. The Balaban J connectivity index is 1.40. The molecule has 0 saturated heterocycles. The smallest absolute Gasteiger partial charge is 0.240 e. The zero-order valence-electron chi connectivity index (χ0n) is 20.7. The van der Waals surface area contributed by atoms with Crippen LogP contribution in [0.25, 0.3) is 0 Å². The lowest BCUT2D eigenvalue weighted by atomic mass is 10.0. The molecule has 35 heavy (non-hydrogen) atoms. The molecule has 8 heteroatoms. The topological polar surface area (TPSA) is 105 Å². The molecular weight excluding hydrogens is 444 g/mol. The molecule has 0 radical (unpaired) electrons. The Bertz CT molecular complexity index is 1080. The number of nitriles is 1. The molecule has 3 rings (SSSR count). The summed E-state index contributed by atoms with van der Waals surface area (Å²) in [5, 5.41) is 16.9. The highest BCUT2D eigenvalue weighted by Crippen LogP contribution is 2.24. The van der Waals surface area contributed by atoms with Gasteiger partial charge in [-0.2, -0.15) is 10.4 Å². The number of aryl methyl sites for hydroxylation is 1. The van der Waals surface area contributed by atoms with Crippen molar-refractivity contribution in [2.75, 3.05) is 26.4 Å². The molecule has 0 unspecified atom stereocenters. The molecular formula is C27H34N4O4. The van der Waals surface area contributed by atoms with E-state index in [-0.39, 0.29) is 5.91 Å². The number of hydrogen-bond acceptors (Lipinski definition) is 7. The molecule has 0 saturated carbocycles. The summed E-state index contributed by atoms with van der Waals surface area (Å²) < 4.78 is 17.5. The van der Waals surface area contributed by atoms with Crippen LogP contribution in [0.1, 0.15) is 56.2 Å². The molecule has 2 aromatic rings. The van der Waals surface area contributed by atoms with Crippen molar-refractivity contribution in [3.05, 3.63) is 53.1 Å². The standard InChI is InChI=1S/C27H34N4O4/c1-19(2)29-12-4-13-35-26-10-7-23(17-22(26)18-28)33-14-5-15-34-25-9-6-21(16-20(25)3)24-8-11-27(32)31-30-24/h6-7,9-10,16-17,19,29H,4-5,8,11-15H2,1-3H3,(H,31,32). The van der Waals surface area contributed by atoms with Gasteiger partial charge in [-0.3, -0.25) is 4.79 Å². The second-order valence-electron chi connectivity index (χ2n) is 8.70. The number of nitrogens with one attached hydrogen (secondary N) is 2. The van der Waals surface area contributed by atoms with Crippen LogP contribution in [-0.2, 0) is 4.79 Å². The second-order valence-corrected chi connectivity index (χ2v) is 8.70. The maximum atomic E-state index is 11.3. The van der Waals surface area contributed by atoms with Gasteiger partial charge in [0.2, 0.25) is 5.91 Å². The third-order valence-electron chi connectivity index (χ3n) is 5.43. The van der Waals surface area contributed by atoms with E-state index in [2.05, 4.69) is 35.8 Å². The molecule has 1 amide bonds. The van der Waals surface area contributed by atoms with E-state index in [4.69, 9.17) is 14.2 Å². The first-order chi connectivity index (χ1) is 17.0. The number of nitrogens with zero attached hydrogens (tertiary/aromatic N) is 2. The van der Waals surface area contributed by atoms with E-state index in [1.165, 1.54) is 0 Å². The molecule has 2 N–H and O–H groups in total. The fraction of sp³-hybridized carbons (Fsp3) is 0.444. The summed E-state index contributed by atoms with van der Waals surface area (Å²) in [5.41, 5.74) is 5.88. The van der Waals surface area contributed by atoms with Crippen molar-refractivity contribution in [3.8, 4) is 23.3 Å². The van der Waals surface area contributed by atoms with Crippen LogP contribution in [0.5, 0.6) is 17.2 Å². The summed E-state index contributed by atoms with van der Waals surface area (Å²) in [6.45, 7) is 8.61. The molecule has 1 aliphatic heterocycles. The zero-order chi connectivity index (χ0) is 25.0. The molecule has 0 atom stereocenters. The van der Waals surface area contributed by atoms with Crippen molar-refractivity contribution < 1.29 is 19.0 Å². The highest BCUT2D eigenvalue weighted by molar-refractivity contribution is 6.04. The monoisotopic (exact) mass is 478 g/mol. The van der Waals surface area contributed by atoms with Gasteiger partial charge in [0.1, 0.15) is 23.3 Å². The minimum absolute atomic E-state index is 0.0499. The Morgan fingerprint density at radius 1 is 1.03 bits per heavy atom. The molecule has 2 aromatic carbocycles. The number of rotatable bonds is 13. The Morgan fingerprint density at radius 2 is 1.77 bits per heavy atom. The van der Waals surface area contributed by atoms with E-state index in [9.17, 15) is 10.1 Å². The predicted molar refractivity (Wildman–Crippen MR) is 135 cm³/mol. The maximum absolute atomic E-state index is 11.3.